The molecule has 2 aromatic rings. The topological polar surface area (TPSA) is 26.8 Å². The third kappa shape index (κ3) is 4.47. The molecule has 4 rings (SSSR count). The van der Waals surface area contributed by atoms with Gasteiger partial charge in [-0.3, -0.25) is 9.69 Å². The molecule has 0 unspecified atom stereocenters. The summed E-state index contributed by atoms with van der Waals surface area (Å²) in [6, 6.07) is 15.0. The number of piperazine rings is 1. The highest BCUT2D eigenvalue weighted by molar-refractivity contribution is 6.33. The van der Waals surface area contributed by atoms with E-state index >= 15 is 0 Å². The third-order valence-electron chi connectivity index (χ3n) is 5.56. The van der Waals surface area contributed by atoms with Crippen molar-refractivity contribution in [3.05, 3.63) is 64.9 Å². The van der Waals surface area contributed by atoms with E-state index in [1.807, 2.05) is 35.2 Å². The molecule has 0 radical (unpaired) electrons. The molecule has 0 bridgehead atoms. The van der Waals surface area contributed by atoms with Crippen LogP contribution in [0.5, 0.6) is 0 Å². The van der Waals surface area contributed by atoms with Crippen molar-refractivity contribution in [3.63, 3.8) is 0 Å². The van der Waals surface area contributed by atoms with Gasteiger partial charge in [-0.1, -0.05) is 41.9 Å². The Morgan fingerprint density at radius 1 is 1.04 bits per heavy atom. The van der Waals surface area contributed by atoms with Crippen LogP contribution in [0.25, 0.3) is 0 Å². The number of rotatable bonds is 6. The van der Waals surface area contributed by atoms with Crippen molar-refractivity contribution in [2.75, 3.05) is 37.6 Å². The quantitative estimate of drug-likeness (QED) is 0.736. The normalized spacial score (nSPS) is 17.2. The Kier molecular flexibility index (Phi) is 5.83. The number of benzene rings is 2. The Morgan fingerprint density at radius 2 is 1.71 bits per heavy atom. The molecular formula is C22H25ClFN3O. The van der Waals surface area contributed by atoms with Gasteiger partial charge in [0.1, 0.15) is 5.82 Å². The summed E-state index contributed by atoms with van der Waals surface area (Å²) in [6.45, 7) is 3.75. The molecule has 1 aliphatic heterocycles. The van der Waals surface area contributed by atoms with Crippen molar-refractivity contribution < 1.29 is 9.18 Å². The molecule has 0 N–H and O–H groups in total. The second-order valence-electron chi connectivity index (χ2n) is 7.55. The number of carbonyl (C=O) groups is 1. The first-order valence-corrected chi connectivity index (χ1v) is 10.2. The van der Waals surface area contributed by atoms with E-state index in [4.69, 9.17) is 11.6 Å². The van der Waals surface area contributed by atoms with Crippen LogP contribution in [0.1, 0.15) is 18.4 Å². The zero-order valence-corrected chi connectivity index (χ0v) is 16.6. The minimum Gasteiger partial charge on any atom is -0.367 e. The van der Waals surface area contributed by atoms with Gasteiger partial charge in [0.05, 0.1) is 17.3 Å². The molecule has 1 aliphatic carbocycles. The van der Waals surface area contributed by atoms with Crippen LogP contribution in [0.2, 0.25) is 5.02 Å². The Balaban J connectivity index is 1.34. The van der Waals surface area contributed by atoms with Crippen molar-refractivity contribution in [3.8, 4) is 0 Å². The lowest BCUT2D eigenvalue weighted by Crippen LogP contribution is -2.51. The maximum absolute atomic E-state index is 14.0. The molecule has 148 valence electrons. The number of anilines is 1. The first-order chi connectivity index (χ1) is 13.6. The summed E-state index contributed by atoms with van der Waals surface area (Å²) in [7, 11) is 0. The van der Waals surface area contributed by atoms with Crippen molar-refractivity contribution >= 4 is 23.2 Å². The van der Waals surface area contributed by atoms with Crippen molar-refractivity contribution in [2.24, 2.45) is 0 Å². The minimum absolute atomic E-state index is 0.127. The summed E-state index contributed by atoms with van der Waals surface area (Å²) in [5, 5.41) is 0.743. The second kappa shape index (κ2) is 8.50. The van der Waals surface area contributed by atoms with E-state index in [2.05, 4.69) is 9.80 Å². The molecule has 0 atom stereocenters. The van der Waals surface area contributed by atoms with Crippen LogP contribution >= 0.6 is 11.6 Å². The predicted molar refractivity (Wildman–Crippen MR) is 110 cm³/mol. The molecule has 2 aromatic carbocycles. The van der Waals surface area contributed by atoms with Crippen LogP contribution in [-0.4, -0.2) is 54.5 Å². The predicted octanol–water partition coefficient (Wildman–Crippen LogP) is 3.79. The first kappa shape index (κ1) is 19.2. The van der Waals surface area contributed by atoms with Crippen LogP contribution < -0.4 is 4.90 Å². The summed E-state index contributed by atoms with van der Waals surface area (Å²) in [6.07, 6.45) is 2.17. The van der Waals surface area contributed by atoms with E-state index in [1.165, 1.54) is 6.07 Å². The lowest BCUT2D eigenvalue weighted by Gasteiger charge is -2.37. The second-order valence-corrected chi connectivity index (χ2v) is 7.95. The maximum Gasteiger partial charge on any atom is 0.236 e. The molecule has 1 saturated heterocycles. The van der Waals surface area contributed by atoms with Crippen LogP contribution in [0.4, 0.5) is 10.1 Å². The highest BCUT2D eigenvalue weighted by Gasteiger charge is 2.32. The van der Waals surface area contributed by atoms with Crippen molar-refractivity contribution in [1.29, 1.82) is 0 Å². The highest BCUT2D eigenvalue weighted by atomic mass is 35.5. The number of carbonyl (C=O) groups excluding carboxylic acids is 1. The highest BCUT2D eigenvalue weighted by Crippen LogP contribution is 2.29. The smallest absolute Gasteiger partial charge is 0.236 e. The van der Waals surface area contributed by atoms with Gasteiger partial charge in [-0.05, 0) is 31.0 Å². The fraction of sp³-hybridized carbons (Fsp3) is 0.409. The fourth-order valence-corrected chi connectivity index (χ4v) is 4.03. The Bertz CT molecular complexity index is 834. The summed E-state index contributed by atoms with van der Waals surface area (Å²) in [5.41, 5.74) is 1.68. The minimum atomic E-state index is -0.200. The third-order valence-corrected chi connectivity index (χ3v) is 5.88. The zero-order valence-electron chi connectivity index (χ0n) is 15.9. The summed E-state index contributed by atoms with van der Waals surface area (Å²) in [4.78, 5) is 19.1. The van der Waals surface area contributed by atoms with Gasteiger partial charge in [-0.2, -0.15) is 0 Å². The van der Waals surface area contributed by atoms with Crippen LogP contribution in [-0.2, 0) is 11.3 Å². The number of amides is 1. The van der Waals surface area contributed by atoms with Crippen LogP contribution in [0.3, 0.4) is 0 Å². The Morgan fingerprint density at radius 3 is 2.39 bits per heavy atom. The van der Waals surface area contributed by atoms with Gasteiger partial charge < -0.3 is 9.80 Å². The molecule has 1 heterocycles. The van der Waals surface area contributed by atoms with E-state index in [-0.39, 0.29) is 11.7 Å². The largest absolute Gasteiger partial charge is 0.367 e. The van der Waals surface area contributed by atoms with E-state index in [1.54, 1.807) is 12.1 Å². The van der Waals surface area contributed by atoms with Gasteiger partial charge >= 0.3 is 0 Å². The molecule has 1 amide bonds. The average molecular weight is 402 g/mol. The number of para-hydroxylation sites is 1. The summed E-state index contributed by atoms with van der Waals surface area (Å²) >= 11 is 6.30. The zero-order chi connectivity index (χ0) is 19.5. The van der Waals surface area contributed by atoms with Crippen molar-refractivity contribution in [1.82, 2.24) is 9.80 Å². The van der Waals surface area contributed by atoms with Crippen molar-refractivity contribution in [2.45, 2.75) is 25.4 Å². The monoisotopic (exact) mass is 401 g/mol. The maximum atomic E-state index is 14.0. The van der Waals surface area contributed by atoms with Gasteiger partial charge in [0.2, 0.25) is 5.91 Å². The van der Waals surface area contributed by atoms with E-state index in [0.29, 0.717) is 37.8 Å². The average Bonchev–Trinajstić information content (AvgIpc) is 3.55. The Hall–Kier alpha value is -2.11. The van der Waals surface area contributed by atoms with Gasteiger partial charge in [-0.15, -0.1) is 0 Å². The van der Waals surface area contributed by atoms with E-state index in [9.17, 15) is 9.18 Å². The molecule has 6 heteroatoms. The SMILES string of the molecule is O=C(CN(Cc1ccccc1F)C1CC1)N1CCN(c2ccccc2Cl)CC1. The first-order valence-electron chi connectivity index (χ1n) is 9.86. The summed E-state index contributed by atoms with van der Waals surface area (Å²) < 4.78 is 14.0. The Labute approximate surface area is 170 Å². The molecule has 2 fully saturated rings. The van der Waals surface area contributed by atoms with E-state index in [0.717, 1.165) is 36.6 Å². The molecule has 2 aliphatic rings. The fourth-order valence-electron chi connectivity index (χ4n) is 3.78. The van der Waals surface area contributed by atoms with E-state index < -0.39 is 0 Å². The number of hydrogen-bond acceptors (Lipinski definition) is 3. The lowest BCUT2D eigenvalue weighted by atomic mass is 10.2. The molecule has 0 aromatic heterocycles. The number of nitrogens with zero attached hydrogens (tertiary/aromatic N) is 3. The molecular weight excluding hydrogens is 377 g/mol. The van der Waals surface area contributed by atoms with Crippen LogP contribution in [0.15, 0.2) is 48.5 Å². The van der Waals surface area contributed by atoms with Gasteiger partial charge in [-0.25, -0.2) is 4.39 Å². The summed E-state index contributed by atoms with van der Waals surface area (Å²) in [5.74, 6) is -0.0731. The molecule has 28 heavy (non-hydrogen) atoms. The number of halogens is 2. The van der Waals surface area contributed by atoms with Crippen LogP contribution in [0, 0.1) is 5.82 Å². The van der Waals surface area contributed by atoms with Gasteiger partial charge in [0.15, 0.2) is 0 Å². The van der Waals surface area contributed by atoms with Gasteiger partial charge in [0.25, 0.3) is 0 Å². The molecule has 0 spiro atoms. The molecule has 4 nitrogen and oxygen atoms in total. The van der Waals surface area contributed by atoms with Gasteiger partial charge in [0, 0.05) is 44.3 Å². The lowest BCUT2D eigenvalue weighted by molar-refractivity contribution is -0.133. The standard InChI is InChI=1S/C22H25ClFN3O/c23-19-6-2-4-8-21(19)25-11-13-26(14-12-25)22(28)16-27(18-9-10-18)15-17-5-1-3-7-20(17)24/h1-8,18H,9-16H2. The molecule has 1 saturated carbocycles. The number of hydrogen-bond donors (Lipinski definition) is 0.